The van der Waals surface area contributed by atoms with E-state index < -0.39 is 0 Å². The molecule has 2 N–H and O–H groups in total. The molecule has 3 aromatic heterocycles. The Balaban J connectivity index is 0.995. The molecular weight excluding hydrogens is 953 g/mol. The summed E-state index contributed by atoms with van der Waals surface area (Å²) in [6, 6.07) is 47.2. The second-order valence-corrected chi connectivity index (χ2v) is 21.8. The molecule has 0 saturated carbocycles. The predicted molar refractivity (Wildman–Crippen MR) is 334 cm³/mol. The molecule has 8 bridgehead atoms. The summed E-state index contributed by atoms with van der Waals surface area (Å²) in [5.41, 5.74) is 15.9. The molecule has 4 aromatic carbocycles. The second kappa shape index (κ2) is 30.3. The van der Waals surface area contributed by atoms with Crippen LogP contribution in [0, 0.1) is 0 Å². The Hall–Kier alpha value is -6.92. The number of hydrogen-bond donors (Lipinski definition) is 2. The van der Waals surface area contributed by atoms with Crippen LogP contribution in [0.25, 0.3) is 90.9 Å². The third-order valence-electron chi connectivity index (χ3n) is 15.7. The van der Waals surface area contributed by atoms with Crippen LogP contribution in [0.5, 0.6) is 11.5 Å². The number of nitrogens with one attached hydrogen (secondary N) is 2. The standard InChI is InChI=1S/C72H86N4O2/c1-3-5-7-9-11-13-15-17-19-21-23-31-53-77-59-41-37-57(38-42-59)71-65-49-45-61(73-65)69(55-33-27-25-28-34-55)63-47-51-67(75-63)72(68-52-48-64(76-68)70(56-35-29-26-30-36-56)62-46-50-66(71)74-62)58-39-43-60(44-40-58)78-54-32-24-22-20-18-16-14-12-10-8-6-4-2/h25-30,33-52,73,76H,3-24,31-32,53-54H2,1-2H3. The lowest BCUT2D eigenvalue weighted by atomic mass is 10.0. The second-order valence-electron chi connectivity index (χ2n) is 21.8. The summed E-state index contributed by atoms with van der Waals surface area (Å²) < 4.78 is 12.7. The van der Waals surface area contributed by atoms with Crippen molar-refractivity contribution in [3.8, 4) is 56.0 Å². The number of benzene rings is 4. The fraction of sp³-hybridized carbons (Fsp3) is 0.389. The minimum Gasteiger partial charge on any atom is -0.494 e. The van der Waals surface area contributed by atoms with E-state index in [-0.39, 0.29) is 0 Å². The fourth-order valence-electron chi connectivity index (χ4n) is 11.3. The summed E-state index contributed by atoms with van der Waals surface area (Å²) in [4.78, 5) is 18.8. The number of rotatable bonds is 32. The number of H-pyrrole nitrogens is 2. The van der Waals surface area contributed by atoms with Gasteiger partial charge in [-0.3, -0.25) is 0 Å². The topological polar surface area (TPSA) is 75.8 Å². The van der Waals surface area contributed by atoms with Gasteiger partial charge in [-0.1, -0.05) is 240 Å². The van der Waals surface area contributed by atoms with Crippen LogP contribution in [0.4, 0.5) is 0 Å². The highest BCUT2D eigenvalue weighted by Gasteiger charge is 2.19. The van der Waals surface area contributed by atoms with Crippen LogP contribution in [-0.2, 0) is 0 Å². The van der Waals surface area contributed by atoms with Gasteiger partial charge in [0.2, 0.25) is 0 Å². The van der Waals surface area contributed by atoms with Crippen molar-refractivity contribution in [2.45, 2.75) is 168 Å². The maximum Gasteiger partial charge on any atom is 0.119 e. The van der Waals surface area contributed by atoms with Gasteiger partial charge in [0.1, 0.15) is 11.5 Å². The lowest BCUT2D eigenvalue weighted by Gasteiger charge is -2.09. The van der Waals surface area contributed by atoms with E-state index >= 15 is 0 Å². The Bertz CT molecular complexity index is 2930. The SMILES string of the molecule is CCCCCCCCCCCCCCOc1ccc(-c2c3nc(c(-c4ccccc4)c4ccc([nH]4)c(-c4ccc(OCCCCCCCCCCCCCC)cc4)c4nc(c(-c5ccccc5)c5ccc2[nH]5)C=C4)C=C3)cc1. The lowest BCUT2D eigenvalue weighted by molar-refractivity contribution is 0.304. The van der Waals surface area contributed by atoms with E-state index in [2.05, 4.69) is 182 Å². The van der Waals surface area contributed by atoms with Crippen molar-refractivity contribution in [1.29, 1.82) is 0 Å². The first-order valence-electron chi connectivity index (χ1n) is 30.4. The van der Waals surface area contributed by atoms with Gasteiger partial charge in [-0.2, -0.15) is 0 Å². The third kappa shape index (κ3) is 15.6. The van der Waals surface area contributed by atoms with Crippen molar-refractivity contribution in [2.75, 3.05) is 13.2 Å². The molecule has 0 amide bonds. The van der Waals surface area contributed by atoms with Gasteiger partial charge >= 0.3 is 0 Å². The largest absolute Gasteiger partial charge is 0.494 e. The first-order chi connectivity index (χ1) is 38.7. The average molecular weight is 1040 g/mol. The van der Waals surface area contributed by atoms with Crippen LogP contribution >= 0.6 is 0 Å². The smallest absolute Gasteiger partial charge is 0.119 e. The molecule has 0 fully saturated rings. The van der Waals surface area contributed by atoms with E-state index in [4.69, 9.17) is 19.4 Å². The van der Waals surface area contributed by atoms with Crippen molar-refractivity contribution >= 4 is 46.4 Å². The quantitative estimate of drug-likeness (QED) is 0.0412. The molecule has 7 aromatic rings. The van der Waals surface area contributed by atoms with Gasteiger partial charge < -0.3 is 19.4 Å². The zero-order chi connectivity index (χ0) is 53.4. The van der Waals surface area contributed by atoms with E-state index in [0.717, 1.165) is 127 Å². The van der Waals surface area contributed by atoms with Crippen LogP contribution in [0.1, 0.15) is 191 Å². The van der Waals surface area contributed by atoms with Crippen molar-refractivity contribution < 1.29 is 9.47 Å². The predicted octanol–water partition coefficient (Wildman–Crippen LogP) is 21.5. The molecule has 0 saturated heterocycles. The molecular formula is C72H86N4O2. The fourth-order valence-corrected chi connectivity index (χ4v) is 11.3. The summed E-state index contributed by atoms with van der Waals surface area (Å²) in [5.74, 6) is 1.79. The molecule has 9 rings (SSSR count). The van der Waals surface area contributed by atoms with Crippen LogP contribution in [0.3, 0.4) is 0 Å². The number of unbranched alkanes of at least 4 members (excludes halogenated alkanes) is 22. The van der Waals surface area contributed by atoms with Crippen molar-refractivity contribution in [3.05, 3.63) is 156 Å². The molecule has 406 valence electrons. The molecule has 78 heavy (non-hydrogen) atoms. The first-order valence-corrected chi connectivity index (χ1v) is 30.4. The molecule has 5 heterocycles. The normalized spacial score (nSPS) is 11.9. The van der Waals surface area contributed by atoms with Crippen molar-refractivity contribution in [1.82, 2.24) is 19.9 Å². The number of ether oxygens (including phenoxy) is 2. The molecule has 0 spiro atoms. The van der Waals surface area contributed by atoms with Gasteiger partial charge in [0.25, 0.3) is 0 Å². The number of aromatic amines is 2. The zero-order valence-corrected chi connectivity index (χ0v) is 47.1. The van der Waals surface area contributed by atoms with Crippen LogP contribution in [0.15, 0.2) is 133 Å². The molecule has 2 aliphatic heterocycles. The summed E-state index contributed by atoms with van der Waals surface area (Å²) in [5, 5.41) is 0. The molecule has 0 unspecified atom stereocenters. The minimum atomic E-state index is 0.731. The Morgan fingerprint density at radius 1 is 0.282 bits per heavy atom. The molecule has 0 atom stereocenters. The Labute approximate surface area is 466 Å². The monoisotopic (exact) mass is 1040 g/mol. The highest BCUT2D eigenvalue weighted by atomic mass is 16.5. The van der Waals surface area contributed by atoms with Gasteiger partial charge in [0, 0.05) is 44.3 Å². The summed E-state index contributed by atoms with van der Waals surface area (Å²) in [7, 11) is 0. The molecule has 6 nitrogen and oxygen atoms in total. The molecule has 0 radical (unpaired) electrons. The Kier molecular flexibility index (Phi) is 21.7. The maximum absolute atomic E-state index is 6.34. The summed E-state index contributed by atoms with van der Waals surface area (Å²) in [6.07, 6.45) is 40.6. The van der Waals surface area contributed by atoms with E-state index in [9.17, 15) is 0 Å². The van der Waals surface area contributed by atoms with E-state index in [0.29, 0.717) is 0 Å². The Morgan fingerprint density at radius 3 is 0.821 bits per heavy atom. The van der Waals surface area contributed by atoms with E-state index in [1.807, 2.05) is 0 Å². The first kappa shape index (κ1) is 55.8. The number of fused-ring (bicyclic) bond motifs is 8. The number of aromatic nitrogens is 4. The van der Waals surface area contributed by atoms with Gasteiger partial charge in [-0.05, 0) is 108 Å². The zero-order valence-electron chi connectivity index (χ0n) is 47.1. The lowest BCUT2D eigenvalue weighted by Crippen LogP contribution is -1.97. The van der Waals surface area contributed by atoms with Gasteiger partial charge in [0.15, 0.2) is 0 Å². The highest BCUT2D eigenvalue weighted by Crippen LogP contribution is 2.39. The van der Waals surface area contributed by atoms with Gasteiger partial charge in [0.05, 0.1) is 36.0 Å². The van der Waals surface area contributed by atoms with Crippen molar-refractivity contribution in [3.63, 3.8) is 0 Å². The van der Waals surface area contributed by atoms with Gasteiger partial charge in [-0.25, -0.2) is 9.97 Å². The highest BCUT2D eigenvalue weighted by molar-refractivity contribution is 5.99. The van der Waals surface area contributed by atoms with Crippen LogP contribution in [-0.4, -0.2) is 33.1 Å². The van der Waals surface area contributed by atoms with Crippen molar-refractivity contribution in [2.24, 2.45) is 0 Å². The van der Waals surface area contributed by atoms with Crippen LogP contribution < -0.4 is 9.47 Å². The Morgan fingerprint density at radius 2 is 0.538 bits per heavy atom. The summed E-state index contributed by atoms with van der Waals surface area (Å²) >= 11 is 0. The van der Waals surface area contributed by atoms with Gasteiger partial charge in [-0.15, -0.1) is 0 Å². The minimum absolute atomic E-state index is 0.731. The van der Waals surface area contributed by atoms with Crippen LogP contribution in [0.2, 0.25) is 0 Å². The molecule has 6 heteroatoms. The maximum atomic E-state index is 6.34. The molecule has 2 aliphatic rings. The van der Waals surface area contributed by atoms with E-state index in [1.165, 1.54) is 141 Å². The molecule has 0 aliphatic carbocycles. The third-order valence-corrected chi connectivity index (χ3v) is 15.7. The summed E-state index contributed by atoms with van der Waals surface area (Å²) in [6.45, 7) is 6.04. The average Bonchev–Trinajstić information content (AvgIpc) is 4.45. The number of hydrogen-bond acceptors (Lipinski definition) is 4. The van der Waals surface area contributed by atoms with E-state index in [1.54, 1.807) is 0 Å². The number of nitrogens with zero attached hydrogens (tertiary/aromatic N) is 2.